The molecule has 2 atom stereocenters. The number of rotatable bonds is 5. The van der Waals surface area contributed by atoms with E-state index in [1.165, 1.54) is 5.57 Å². The van der Waals surface area contributed by atoms with E-state index >= 15 is 0 Å². The van der Waals surface area contributed by atoms with E-state index < -0.39 is 5.60 Å². The summed E-state index contributed by atoms with van der Waals surface area (Å²) in [5, 5.41) is 19.4. The van der Waals surface area contributed by atoms with Gasteiger partial charge < -0.3 is 14.4 Å². The highest BCUT2D eigenvalue weighted by Crippen LogP contribution is 2.46. The lowest BCUT2D eigenvalue weighted by Gasteiger charge is -2.35. The molecule has 2 aliphatic rings. The van der Waals surface area contributed by atoms with Crippen molar-refractivity contribution in [2.24, 2.45) is 18.9 Å². The van der Waals surface area contributed by atoms with E-state index in [-0.39, 0.29) is 6.04 Å². The predicted molar refractivity (Wildman–Crippen MR) is 149 cm³/mol. The lowest BCUT2D eigenvalue weighted by Crippen LogP contribution is -2.28. The summed E-state index contributed by atoms with van der Waals surface area (Å²) in [7, 11) is 1.93. The molecule has 1 saturated heterocycles. The highest BCUT2D eigenvalue weighted by atomic mass is 32.1. The normalized spacial score (nSPS) is 20.2. The summed E-state index contributed by atoms with van der Waals surface area (Å²) in [6.07, 6.45) is 11.9. The Bertz CT molecular complexity index is 1510. The molecule has 8 heteroatoms. The number of aryl methyl sites for hydroxylation is 2. The van der Waals surface area contributed by atoms with Crippen LogP contribution in [0.2, 0.25) is 0 Å². The number of thiophene rings is 1. The van der Waals surface area contributed by atoms with Gasteiger partial charge in [-0.25, -0.2) is 4.68 Å². The number of hydrogen-bond donors (Lipinski definition) is 1. The van der Waals surface area contributed by atoms with Gasteiger partial charge in [-0.15, -0.1) is 16.4 Å². The molecular weight excluding hydrogens is 482 g/mol. The number of ether oxygens (including phenoxy) is 1. The van der Waals surface area contributed by atoms with E-state index in [4.69, 9.17) is 9.72 Å². The van der Waals surface area contributed by atoms with Gasteiger partial charge in [0.15, 0.2) is 0 Å². The van der Waals surface area contributed by atoms with Crippen LogP contribution in [0.15, 0.2) is 42.1 Å². The maximum absolute atomic E-state index is 10.9. The molecule has 0 radical (unpaired) electrons. The first-order valence-corrected chi connectivity index (χ1v) is 14.0. The Labute approximate surface area is 221 Å². The summed E-state index contributed by atoms with van der Waals surface area (Å²) >= 11 is 1.65. The largest absolute Gasteiger partial charge is 0.385 e. The van der Waals surface area contributed by atoms with Crippen molar-refractivity contribution in [2.75, 3.05) is 13.2 Å². The van der Waals surface area contributed by atoms with Gasteiger partial charge in [0, 0.05) is 36.9 Å². The van der Waals surface area contributed by atoms with Gasteiger partial charge in [-0.3, -0.25) is 4.98 Å². The van der Waals surface area contributed by atoms with E-state index in [2.05, 4.69) is 52.2 Å². The molecule has 1 fully saturated rings. The number of hydrogen-bond acceptors (Lipinski definition) is 6. The zero-order valence-electron chi connectivity index (χ0n) is 22.2. The fraction of sp³-hybridized carbons (Fsp3) is 0.483. The van der Waals surface area contributed by atoms with E-state index in [1.54, 1.807) is 11.3 Å². The Morgan fingerprint density at radius 3 is 2.65 bits per heavy atom. The molecule has 0 spiro atoms. The van der Waals surface area contributed by atoms with Crippen LogP contribution in [0.1, 0.15) is 56.6 Å². The molecule has 0 amide bonds. The summed E-state index contributed by atoms with van der Waals surface area (Å²) < 4.78 is 11.3. The van der Waals surface area contributed by atoms with Crippen molar-refractivity contribution in [1.29, 1.82) is 0 Å². The minimum atomic E-state index is -0.909. The van der Waals surface area contributed by atoms with E-state index in [0.29, 0.717) is 11.8 Å². The molecule has 1 aliphatic heterocycles. The minimum absolute atomic E-state index is 0.198. The molecule has 2 unspecified atom stereocenters. The van der Waals surface area contributed by atoms with Gasteiger partial charge in [0.05, 0.1) is 38.8 Å². The number of fused-ring (bicyclic) bond motifs is 3. The Morgan fingerprint density at radius 1 is 1.19 bits per heavy atom. The minimum Gasteiger partial charge on any atom is -0.385 e. The number of pyridine rings is 1. The van der Waals surface area contributed by atoms with Crippen molar-refractivity contribution in [3.8, 4) is 11.3 Å². The van der Waals surface area contributed by atoms with Crippen LogP contribution in [0, 0.1) is 18.8 Å². The molecule has 6 rings (SSSR count). The van der Waals surface area contributed by atoms with Crippen molar-refractivity contribution in [1.82, 2.24) is 24.5 Å². The lowest BCUT2D eigenvalue weighted by atomic mass is 9.81. The maximum atomic E-state index is 10.9. The summed E-state index contributed by atoms with van der Waals surface area (Å²) in [5.74, 6) is 0.970. The van der Waals surface area contributed by atoms with Gasteiger partial charge in [-0.2, -0.15) is 0 Å². The van der Waals surface area contributed by atoms with Crippen LogP contribution in [0.3, 0.4) is 0 Å². The molecule has 1 aliphatic carbocycles. The number of allylic oxidation sites excluding steroid dienone is 4. The van der Waals surface area contributed by atoms with Crippen molar-refractivity contribution >= 4 is 32.6 Å². The molecule has 37 heavy (non-hydrogen) atoms. The highest BCUT2D eigenvalue weighted by Gasteiger charge is 2.34. The third-order valence-electron chi connectivity index (χ3n) is 7.86. The molecule has 194 valence electrons. The third-order valence-corrected chi connectivity index (χ3v) is 9.31. The average Bonchev–Trinajstić information content (AvgIpc) is 3.53. The monoisotopic (exact) mass is 517 g/mol. The zero-order valence-corrected chi connectivity index (χ0v) is 23.0. The van der Waals surface area contributed by atoms with Crippen molar-refractivity contribution in [2.45, 2.75) is 58.6 Å². The first kappa shape index (κ1) is 24.5. The fourth-order valence-corrected chi connectivity index (χ4v) is 7.22. The van der Waals surface area contributed by atoms with Crippen LogP contribution in [0.25, 0.3) is 32.5 Å². The SMILES string of the molecule is Cc1nnn(C)c1-c1cnc2c3sc(C(C)(C)O)cc3n(C(C3=CC=CC(C)C3)C3CCOCC3)c2c1. The van der Waals surface area contributed by atoms with Gasteiger partial charge in [0.25, 0.3) is 0 Å². The summed E-state index contributed by atoms with van der Waals surface area (Å²) in [6, 6.07) is 4.65. The Balaban J connectivity index is 1.65. The van der Waals surface area contributed by atoms with Crippen molar-refractivity contribution in [3.05, 3.63) is 52.7 Å². The maximum Gasteiger partial charge on any atom is 0.106 e. The quantitative estimate of drug-likeness (QED) is 0.348. The number of nitrogens with zero attached hydrogens (tertiary/aromatic N) is 5. The predicted octanol–water partition coefficient (Wildman–Crippen LogP) is 6.07. The fourth-order valence-electron chi connectivity index (χ4n) is 6.07. The second-order valence-corrected chi connectivity index (χ2v) is 12.2. The standard InChI is InChI=1S/C29H35N5O2S/c1-17-7-6-8-20(13-17)27(19-9-11-36-12-10-19)34-22-14-21(26-18(2)31-32-33(26)5)16-30-25(22)28-23(34)15-24(37-28)29(3,4)35/h6-8,14-17,19,27,35H,9-13H2,1-5H3. The first-order valence-electron chi connectivity index (χ1n) is 13.2. The van der Waals surface area contributed by atoms with Crippen LogP contribution in [-0.4, -0.2) is 42.9 Å². The van der Waals surface area contributed by atoms with Crippen molar-refractivity contribution < 1.29 is 9.84 Å². The van der Waals surface area contributed by atoms with Gasteiger partial charge >= 0.3 is 0 Å². The molecular formula is C29H35N5O2S. The van der Waals surface area contributed by atoms with Gasteiger partial charge in [0.1, 0.15) is 5.52 Å². The van der Waals surface area contributed by atoms with Crippen LogP contribution < -0.4 is 0 Å². The average molecular weight is 518 g/mol. The van der Waals surface area contributed by atoms with Crippen LogP contribution in [0.4, 0.5) is 0 Å². The second-order valence-electron chi connectivity index (χ2n) is 11.2. The molecule has 4 aromatic heterocycles. The van der Waals surface area contributed by atoms with E-state index in [9.17, 15) is 5.11 Å². The molecule has 0 saturated carbocycles. The summed E-state index contributed by atoms with van der Waals surface area (Å²) in [6.45, 7) is 9.60. The molecule has 4 aromatic rings. The molecule has 7 nitrogen and oxygen atoms in total. The second kappa shape index (κ2) is 9.19. The Hall–Kier alpha value is -2.81. The van der Waals surface area contributed by atoms with Gasteiger partial charge in [0.2, 0.25) is 0 Å². The van der Waals surface area contributed by atoms with Gasteiger partial charge in [-0.05, 0) is 69.6 Å². The number of aliphatic hydroxyl groups is 1. The molecule has 0 aromatic carbocycles. The number of aromatic nitrogens is 5. The highest BCUT2D eigenvalue weighted by molar-refractivity contribution is 7.20. The third kappa shape index (κ3) is 4.25. The Morgan fingerprint density at radius 2 is 1.97 bits per heavy atom. The van der Waals surface area contributed by atoms with Crippen LogP contribution in [0.5, 0.6) is 0 Å². The molecule has 0 bridgehead atoms. The smallest absolute Gasteiger partial charge is 0.106 e. The molecule has 1 N–H and O–H groups in total. The van der Waals surface area contributed by atoms with E-state index in [1.807, 2.05) is 38.7 Å². The summed E-state index contributed by atoms with van der Waals surface area (Å²) in [4.78, 5) is 5.99. The topological polar surface area (TPSA) is 78.0 Å². The lowest BCUT2D eigenvalue weighted by molar-refractivity contribution is 0.0541. The van der Waals surface area contributed by atoms with E-state index in [0.717, 1.165) is 75.6 Å². The summed E-state index contributed by atoms with van der Waals surface area (Å²) in [5.41, 5.74) is 6.71. The Kier molecular flexibility index (Phi) is 6.09. The van der Waals surface area contributed by atoms with Crippen LogP contribution in [-0.2, 0) is 17.4 Å². The van der Waals surface area contributed by atoms with Crippen LogP contribution >= 0.6 is 11.3 Å². The van der Waals surface area contributed by atoms with Gasteiger partial charge in [-0.1, -0.05) is 30.4 Å². The first-order chi connectivity index (χ1) is 17.7. The molecule has 5 heterocycles. The zero-order chi connectivity index (χ0) is 25.9. The van der Waals surface area contributed by atoms with Crippen molar-refractivity contribution in [3.63, 3.8) is 0 Å².